The van der Waals surface area contributed by atoms with Gasteiger partial charge in [0.15, 0.2) is 6.54 Å². The number of aromatic nitrogens is 1. The fourth-order valence-corrected chi connectivity index (χ4v) is 7.24. The quantitative estimate of drug-likeness (QED) is 0.263. The topological polar surface area (TPSA) is 7.12 Å². The zero-order valence-electron chi connectivity index (χ0n) is 21.8. The zero-order valence-corrected chi connectivity index (χ0v) is 23.4. The van der Waals surface area contributed by atoms with Crippen molar-refractivity contribution in [2.75, 3.05) is 11.4 Å². The Balaban J connectivity index is 1.38. The van der Waals surface area contributed by atoms with Crippen LogP contribution in [0.4, 0.5) is 5.69 Å². The van der Waals surface area contributed by atoms with Crippen molar-refractivity contribution >= 4 is 45.1 Å². The summed E-state index contributed by atoms with van der Waals surface area (Å²) in [6.07, 6.45) is 16.6. The fraction of sp³-hybridized carbons (Fsp3) is 0.344. The highest BCUT2D eigenvalue weighted by Gasteiger charge is 2.24. The Hall–Kier alpha value is -2.56. The smallest absolute Gasteiger partial charge is 0.262 e. The summed E-state index contributed by atoms with van der Waals surface area (Å²) in [6, 6.07) is 17.6. The lowest BCUT2D eigenvalue weighted by Crippen LogP contribution is -2.34. The number of unbranched alkanes of at least 4 members (excludes halogenated alkanes) is 2. The van der Waals surface area contributed by atoms with Gasteiger partial charge in [-0.25, -0.2) is 0 Å². The van der Waals surface area contributed by atoms with Crippen LogP contribution in [0.1, 0.15) is 64.3 Å². The van der Waals surface area contributed by atoms with Crippen LogP contribution in [0.3, 0.4) is 0 Å². The van der Waals surface area contributed by atoms with E-state index in [1.807, 2.05) is 23.1 Å². The van der Waals surface area contributed by atoms with Gasteiger partial charge >= 0.3 is 0 Å². The van der Waals surface area contributed by atoms with Gasteiger partial charge in [-0.05, 0) is 67.2 Å². The van der Waals surface area contributed by atoms with E-state index in [0.717, 1.165) is 25.9 Å². The molecule has 0 spiro atoms. The molecule has 1 aliphatic carbocycles. The van der Waals surface area contributed by atoms with E-state index < -0.39 is 0 Å². The van der Waals surface area contributed by atoms with Crippen LogP contribution in [0.5, 0.6) is 0 Å². The first-order valence-corrected chi connectivity index (χ1v) is 15.1. The molecule has 0 radical (unpaired) electrons. The second-order valence-corrected chi connectivity index (χ2v) is 11.8. The Morgan fingerprint density at radius 2 is 1.72 bits per heavy atom. The Morgan fingerprint density at radius 3 is 2.58 bits per heavy atom. The van der Waals surface area contributed by atoms with Gasteiger partial charge in [-0.3, -0.25) is 0 Å². The average Bonchev–Trinajstić information content (AvgIpc) is 3.56. The molecule has 2 aliphatic rings. The van der Waals surface area contributed by atoms with Crippen molar-refractivity contribution in [3.8, 4) is 0 Å². The number of aryl methyl sites for hydroxylation is 1. The molecule has 0 saturated heterocycles. The van der Waals surface area contributed by atoms with Gasteiger partial charge in [-0.15, -0.1) is 0 Å². The van der Waals surface area contributed by atoms with Crippen LogP contribution in [0.15, 0.2) is 93.4 Å². The number of para-hydroxylation sites is 2. The van der Waals surface area contributed by atoms with E-state index in [0.29, 0.717) is 0 Å². The van der Waals surface area contributed by atoms with Gasteiger partial charge in [0.2, 0.25) is 5.52 Å². The van der Waals surface area contributed by atoms with Gasteiger partial charge < -0.3 is 4.90 Å². The maximum atomic E-state index is 2.51. The summed E-state index contributed by atoms with van der Waals surface area (Å²) in [4.78, 5) is 3.88. The summed E-state index contributed by atoms with van der Waals surface area (Å²) < 4.78 is 3.88. The molecule has 186 valence electrons. The molecule has 0 N–H and O–H groups in total. The Labute approximate surface area is 224 Å². The number of nitrogens with zero attached hydrogens (tertiary/aromatic N) is 2. The van der Waals surface area contributed by atoms with Gasteiger partial charge in [-0.1, -0.05) is 86.2 Å². The van der Waals surface area contributed by atoms with E-state index in [4.69, 9.17) is 0 Å². The number of benzene rings is 2. The first kappa shape index (κ1) is 25.1. The van der Waals surface area contributed by atoms with E-state index in [9.17, 15) is 0 Å². The SMILES string of the molecule is CCCCN1C(=CC=C2CCC(C=Cc3sc4ccccc4[n+]3CCCC)=C2C)Sc2ccccc21. The highest BCUT2D eigenvalue weighted by molar-refractivity contribution is 8.03. The molecular formula is C32H37N2S2+. The number of thioether (sulfide) groups is 1. The van der Waals surface area contributed by atoms with Crippen LogP contribution >= 0.6 is 23.1 Å². The number of fused-ring (bicyclic) bond motifs is 2. The maximum Gasteiger partial charge on any atom is 0.262 e. The third kappa shape index (κ3) is 5.26. The van der Waals surface area contributed by atoms with Crippen molar-refractivity contribution in [2.24, 2.45) is 0 Å². The number of hydrogen-bond donors (Lipinski definition) is 0. The van der Waals surface area contributed by atoms with Crippen molar-refractivity contribution in [2.45, 2.75) is 70.7 Å². The summed E-state index contributed by atoms with van der Waals surface area (Å²) in [7, 11) is 0. The highest BCUT2D eigenvalue weighted by Crippen LogP contribution is 2.46. The molecule has 0 saturated carbocycles. The first-order valence-electron chi connectivity index (χ1n) is 13.4. The monoisotopic (exact) mass is 513 g/mol. The number of rotatable bonds is 9. The lowest BCUT2D eigenvalue weighted by atomic mass is 10.1. The molecule has 0 fully saturated rings. The molecule has 0 bridgehead atoms. The van der Waals surface area contributed by atoms with E-state index in [2.05, 4.69) is 103 Å². The molecule has 1 aliphatic heterocycles. The molecule has 5 rings (SSSR count). The molecule has 1 aromatic heterocycles. The summed E-state index contributed by atoms with van der Waals surface area (Å²) in [5.74, 6) is 0. The second kappa shape index (κ2) is 11.7. The second-order valence-electron chi connectivity index (χ2n) is 9.67. The van der Waals surface area contributed by atoms with Crippen molar-refractivity contribution in [1.29, 1.82) is 0 Å². The number of hydrogen-bond acceptors (Lipinski definition) is 3. The van der Waals surface area contributed by atoms with Crippen molar-refractivity contribution in [3.05, 3.63) is 93.5 Å². The summed E-state index contributed by atoms with van der Waals surface area (Å²) >= 11 is 3.82. The summed E-state index contributed by atoms with van der Waals surface area (Å²) in [6.45, 7) is 9.02. The minimum absolute atomic E-state index is 1.09. The molecule has 4 heteroatoms. The molecule has 0 unspecified atom stereocenters. The van der Waals surface area contributed by atoms with E-state index in [1.165, 1.54) is 73.2 Å². The van der Waals surface area contributed by atoms with Crippen molar-refractivity contribution < 1.29 is 4.57 Å². The van der Waals surface area contributed by atoms with Gasteiger partial charge in [0.25, 0.3) is 5.01 Å². The van der Waals surface area contributed by atoms with E-state index in [-0.39, 0.29) is 0 Å². The normalized spacial score (nSPS) is 18.0. The third-order valence-corrected chi connectivity index (χ3v) is 9.49. The molecule has 36 heavy (non-hydrogen) atoms. The minimum Gasteiger partial charge on any atom is -0.335 e. The predicted octanol–water partition coefficient (Wildman–Crippen LogP) is 9.29. The van der Waals surface area contributed by atoms with Crippen LogP contribution in [0, 0.1) is 0 Å². The van der Waals surface area contributed by atoms with Crippen molar-refractivity contribution in [1.82, 2.24) is 0 Å². The van der Waals surface area contributed by atoms with Gasteiger partial charge in [-0.2, -0.15) is 4.57 Å². The van der Waals surface area contributed by atoms with Gasteiger partial charge in [0, 0.05) is 30.0 Å². The molecule has 2 heterocycles. The van der Waals surface area contributed by atoms with E-state index >= 15 is 0 Å². The lowest BCUT2D eigenvalue weighted by molar-refractivity contribution is -0.669. The van der Waals surface area contributed by atoms with Crippen LogP contribution in [0.25, 0.3) is 16.3 Å². The molecule has 2 nitrogen and oxygen atoms in total. The predicted molar refractivity (Wildman–Crippen MR) is 159 cm³/mol. The molecule has 3 aromatic rings. The number of thiazole rings is 1. The van der Waals surface area contributed by atoms with Crippen molar-refractivity contribution in [3.63, 3.8) is 0 Å². The maximum absolute atomic E-state index is 2.51. The number of allylic oxidation sites excluding steroid dienone is 6. The van der Waals surface area contributed by atoms with Crippen LogP contribution in [-0.2, 0) is 6.54 Å². The van der Waals surface area contributed by atoms with Crippen LogP contribution < -0.4 is 9.47 Å². The van der Waals surface area contributed by atoms with Gasteiger partial charge in [0.1, 0.15) is 4.70 Å². The molecule has 0 atom stereocenters. The van der Waals surface area contributed by atoms with Crippen LogP contribution in [-0.4, -0.2) is 6.54 Å². The molecule has 2 aromatic carbocycles. The largest absolute Gasteiger partial charge is 0.335 e. The molecular weight excluding hydrogens is 477 g/mol. The fourth-order valence-electron chi connectivity index (χ4n) is 5.06. The Kier molecular flexibility index (Phi) is 8.13. The highest BCUT2D eigenvalue weighted by atomic mass is 32.2. The first-order chi connectivity index (χ1) is 17.7. The Morgan fingerprint density at radius 1 is 0.917 bits per heavy atom. The van der Waals surface area contributed by atoms with E-state index in [1.54, 1.807) is 0 Å². The lowest BCUT2D eigenvalue weighted by Gasteiger charge is -2.19. The molecule has 0 amide bonds. The van der Waals surface area contributed by atoms with Crippen LogP contribution in [0.2, 0.25) is 0 Å². The summed E-state index contributed by atoms with van der Waals surface area (Å²) in [5, 5.41) is 2.72. The standard InChI is InChI=1S/C32H37N2S2/c1-4-6-22-33-27-12-8-10-14-29(27)35-31(33)20-18-25-16-17-26(24(25)3)19-21-32-34(23-7-5-2)28-13-9-11-15-30(28)36-32/h8-15,18-21H,4-7,16-17,22-23H2,1-3H3/q+1. The third-order valence-electron chi connectivity index (χ3n) is 7.22. The minimum atomic E-state index is 1.09. The zero-order chi connectivity index (χ0) is 24.9. The average molecular weight is 514 g/mol. The number of anilines is 1. The van der Waals surface area contributed by atoms with Gasteiger partial charge in [0.05, 0.1) is 10.7 Å². The Bertz CT molecular complexity index is 1360. The summed E-state index contributed by atoms with van der Waals surface area (Å²) in [5.41, 5.74) is 7.13.